The van der Waals surface area contributed by atoms with Crippen LogP contribution in [0.2, 0.25) is 5.02 Å². The molecule has 0 saturated carbocycles. The Hall–Kier alpha value is -2.23. The zero-order valence-corrected chi connectivity index (χ0v) is 32.5. The number of rotatable bonds is 7. The fraction of sp³-hybridized carbons (Fsp3) is 0.143. The third kappa shape index (κ3) is 8.38. The van der Waals surface area contributed by atoms with E-state index >= 15 is 0 Å². The van der Waals surface area contributed by atoms with Gasteiger partial charge in [-0.25, -0.2) is 8.42 Å². The maximum Gasteiger partial charge on any atom is 1.00 e. The van der Waals surface area contributed by atoms with Crippen molar-refractivity contribution < 1.29 is 105 Å². The van der Waals surface area contributed by atoms with Gasteiger partial charge in [0.05, 0.1) is 27.4 Å². The molecule has 4 N–H and O–H groups in total. The average molecular weight is 740 g/mol. The first-order valence-electron chi connectivity index (χ1n) is 12.8. The number of aromatic nitrogens is 2. The van der Waals surface area contributed by atoms with E-state index in [1.165, 1.54) is 38.1 Å². The summed E-state index contributed by atoms with van der Waals surface area (Å²) < 4.78 is 68.9. The van der Waals surface area contributed by atoms with Gasteiger partial charge in [0.25, 0.3) is 0 Å². The topological polar surface area (TPSA) is 209 Å². The molecule has 13 nitrogen and oxygen atoms in total. The average Bonchev–Trinajstić information content (AvgIpc) is 2.99. The van der Waals surface area contributed by atoms with Gasteiger partial charge in [-0.1, -0.05) is 35.9 Å². The summed E-state index contributed by atoms with van der Waals surface area (Å²) in [6.07, 6.45) is 0.108. The fourth-order valence-corrected chi connectivity index (χ4v) is 6.01. The van der Waals surface area contributed by atoms with Crippen molar-refractivity contribution in [2.24, 2.45) is 0 Å². The Kier molecular flexibility index (Phi) is 15.0. The standard InChI is InChI=1S/C27H20ClF2N5O5S.CH4O3S.2Na/c1-10-11(2)21(33-26-19(28)25(29)34-27(30)35-26)24(41(38,39)40)12(3)20(10)32-16-9-8-15(31)17-18(16)23(37)14-7-5-4-6-13(14)22(17)36;1-5-4-3-2;;/h4-9,32H,31H2,1-3H3,(H,33,34,35)(H,38,39,40);2H,1H3;;/q;;2*+1/p-2. The zero-order valence-electron chi connectivity index (χ0n) is 26.2. The van der Waals surface area contributed by atoms with Gasteiger partial charge in [-0.2, -0.15) is 23.1 Å². The molecule has 0 atom stereocenters. The van der Waals surface area contributed by atoms with E-state index in [4.69, 9.17) is 22.6 Å². The van der Waals surface area contributed by atoms with Gasteiger partial charge >= 0.3 is 65.2 Å². The van der Waals surface area contributed by atoms with E-state index in [0.717, 1.165) is 12.0 Å². The minimum atomic E-state index is -5.22. The first-order chi connectivity index (χ1) is 21.6. The van der Waals surface area contributed by atoms with Crippen LogP contribution in [0.5, 0.6) is 0 Å². The fourth-order valence-electron chi connectivity index (χ4n) is 4.89. The molecule has 0 saturated heterocycles. The molecule has 5 rings (SSSR count). The SMILES string of the molecule is CSOO[O-].Cc1c(C)c(Nc2nc(F)nc(F)c2Cl)c(S(=O)(=O)[O-])c(C)c1Nc1ccc(N)c2c1C(=O)c1ccccc1C2=O.[Na+].[Na+]. The van der Waals surface area contributed by atoms with Crippen LogP contribution in [0.1, 0.15) is 48.5 Å². The molecule has 48 heavy (non-hydrogen) atoms. The van der Waals surface area contributed by atoms with Crippen molar-refractivity contribution in [1.29, 1.82) is 0 Å². The smallest absolute Gasteiger partial charge is 0.744 e. The van der Waals surface area contributed by atoms with Gasteiger partial charge in [0.2, 0.25) is 5.95 Å². The molecule has 1 aliphatic carbocycles. The zero-order chi connectivity index (χ0) is 34.1. The molecule has 1 aliphatic rings. The molecule has 0 unspecified atom stereocenters. The summed E-state index contributed by atoms with van der Waals surface area (Å²) in [6.45, 7) is 4.38. The van der Waals surface area contributed by atoms with E-state index < -0.39 is 49.4 Å². The van der Waals surface area contributed by atoms with E-state index in [2.05, 4.69) is 30.0 Å². The number of carbonyl (C=O) groups is 2. The number of nitrogens with one attached hydrogen (secondary N) is 2. The Balaban J connectivity index is 0.00000107. The number of hydrogen-bond acceptors (Lipinski definition) is 14. The maximum atomic E-state index is 13.9. The second kappa shape index (κ2) is 17.1. The number of fused-ring (bicyclic) bond motifs is 2. The molecule has 4 aromatic rings. The molecule has 1 heterocycles. The van der Waals surface area contributed by atoms with Crippen LogP contribution in [-0.4, -0.2) is 40.8 Å². The third-order valence-electron chi connectivity index (χ3n) is 7.00. The Morgan fingerprint density at radius 2 is 1.46 bits per heavy atom. The molecule has 3 aromatic carbocycles. The Labute approximate surface area is 326 Å². The van der Waals surface area contributed by atoms with Crippen molar-refractivity contribution in [1.82, 2.24) is 9.97 Å². The number of nitrogen functional groups attached to an aromatic ring is 1. The van der Waals surface area contributed by atoms with Crippen molar-refractivity contribution in [3.63, 3.8) is 0 Å². The maximum absolute atomic E-state index is 13.9. The number of ketones is 2. The molecule has 1 aromatic heterocycles. The van der Waals surface area contributed by atoms with E-state index in [1.807, 2.05) is 0 Å². The molecular weight excluding hydrogens is 718 g/mol. The van der Waals surface area contributed by atoms with Gasteiger partial charge in [0.1, 0.15) is 15.1 Å². The molecular formula is C28H22ClF2N5Na2O8S2. The van der Waals surface area contributed by atoms with Crippen molar-refractivity contribution in [2.75, 3.05) is 22.6 Å². The minimum Gasteiger partial charge on any atom is -0.744 e. The van der Waals surface area contributed by atoms with Crippen LogP contribution in [0.25, 0.3) is 0 Å². The molecule has 0 amide bonds. The van der Waals surface area contributed by atoms with Gasteiger partial charge < -0.3 is 26.2 Å². The molecule has 0 spiro atoms. The van der Waals surface area contributed by atoms with Crippen LogP contribution in [0, 0.1) is 32.8 Å². The molecule has 0 bridgehead atoms. The minimum absolute atomic E-state index is 0. The molecule has 242 valence electrons. The van der Waals surface area contributed by atoms with Gasteiger partial charge in [-0.15, -0.1) is 0 Å². The van der Waals surface area contributed by atoms with E-state index in [-0.39, 0.29) is 115 Å². The summed E-state index contributed by atoms with van der Waals surface area (Å²) in [6, 6.07) is 9.17. The predicted molar refractivity (Wildman–Crippen MR) is 162 cm³/mol. The molecule has 0 radical (unpaired) electrons. The number of benzene rings is 3. The monoisotopic (exact) mass is 739 g/mol. The van der Waals surface area contributed by atoms with E-state index in [1.54, 1.807) is 25.3 Å². The van der Waals surface area contributed by atoms with E-state index in [9.17, 15) is 31.3 Å². The van der Waals surface area contributed by atoms with Crippen LogP contribution in [-0.2, 0) is 19.5 Å². The summed E-state index contributed by atoms with van der Waals surface area (Å²) in [5.41, 5.74) is 6.98. The van der Waals surface area contributed by atoms with Crippen LogP contribution >= 0.6 is 23.6 Å². The number of nitrogens with zero attached hydrogens (tertiary/aromatic N) is 2. The first kappa shape index (κ1) is 41.9. The Morgan fingerprint density at radius 1 is 0.896 bits per heavy atom. The van der Waals surface area contributed by atoms with Crippen molar-refractivity contribution in [3.05, 3.63) is 92.4 Å². The summed E-state index contributed by atoms with van der Waals surface area (Å²) in [7, 11) is -5.22. The predicted octanol–water partition coefficient (Wildman–Crippen LogP) is -1.42. The van der Waals surface area contributed by atoms with Gasteiger partial charge in [0.15, 0.2) is 17.4 Å². The number of hydrogen-bond donors (Lipinski definition) is 3. The molecule has 0 fully saturated rings. The second-order valence-corrected chi connectivity index (χ2v) is 11.7. The second-order valence-electron chi connectivity index (χ2n) is 9.56. The van der Waals surface area contributed by atoms with Crippen molar-refractivity contribution in [3.8, 4) is 0 Å². The quantitative estimate of drug-likeness (QED) is 0.0256. The number of carbonyl (C=O) groups excluding carboxylic acids is 2. The van der Waals surface area contributed by atoms with Crippen LogP contribution in [0.4, 0.5) is 37.3 Å². The first-order valence-corrected chi connectivity index (χ1v) is 15.7. The van der Waals surface area contributed by atoms with Gasteiger partial charge in [-0.3, -0.25) is 14.6 Å². The normalized spacial score (nSPS) is 11.7. The number of halogens is 3. The summed E-state index contributed by atoms with van der Waals surface area (Å²) in [5, 5.41) is 16.4. The Morgan fingerprint density at radius 3 is 1.98 bits per heavy atom. The number of nitrogens with two attached hydrogens (primary N) is 1. The van der Waals surface area contributed by atoms with Crippen molar-refractivity contribution >= 4 is 73.9 Å². The number of anilines is 5. The van der Waals surface area contributed by atoms with Gasteiger partial charge in [-0.05, 0) is 49.6 Å². The summed E-state index contributed by atoms with van der Waals surface area (Å²) in [4.78, 5) is 32.3. The van der Waals surface area contributed by atoms with Crippen LogP contribution < -0.4 is 80.7 Å². The summed E-state index contributed by atoms with van der Waals surface area (Å²) >= 11 is 6.72. The van der Waals surface area contributed by atoms with Gasteiger partial charge in [0, 0.05) is 40.8 Å². The largest absolute Gasteiger partial charge is 1.00 e. The van der Waals surface area contributed by atoms with Crippen molar-refractivity contribution in [2.45, 2.75) is 25.7 Å². The Bertz CT molecular complexity index is 2030. The summed E-state index contributed by atoms with van der Waals surface area (Å²) in [5.74, 6) is -2.93. The third-order valence-corrected chi connectivity index (χ3v) is 8.53. The van der Waals surface area contributed by atoms with E-state index in [0.29, 0.717) is 5.56 Å². The van der Waals surface area contributed by atoms with Crippen LogP contribution in [0.3, 0.4) is 0 Å². The molecule has 20 heteroatoms. The molecule has 0 aliphatic heterocycles. The van der Waals surface area contributed by atoms with Crippen LogP contribution in [0.15, 0.2) is 41.3 Å².